The van der Waals surface area contributed by atoms with Gasteiger partial charge in [0.2, 0.25) is 0 Å². The number of hydrogen-bond acceptors (Lipinski definition) is 3. The fourth-order valence-electron chi connectivity index (χ4n) is 2.07. The third-order valence-corrected chi connectivity index (χ3v) is 3.70. The molecule has 1 unspecified atom stereocenters. The lowest BCUT2D eigenvalue weighted by molar-refractivity contribution is -0.384. The van der Waals surface area contributed by atoms with Crippen LogP contribution in [0.2, 0.25) is 10.0 Å². The number of hydrogen-bond donors (Lipinski definition) is 1. The molecular weight excluding hydrogens is 311 g/mol. The van der Waals surface area contributed by atoms with Crippen LogP contribution in [0.4, 0.5) is 11.4 Å². The van der Waals surface area contributed by atoms with E-state index in [-0.39, 0.29) is 11.7 Å². The van der Waals surface area contributed by atoms with Crippen LogP contribution in [0.15, 0.2) is 42.5 Å². The molecule has 0 saturated heterocycles. The molecule has 0 aromatic heterocycles. The van der Waals surface area contributed by atoms with Crippen molar-refractivity contribution >= 4 is 34.6 Å². The maximum Gasteiger partial charge on any atom is 0.269 e. The van der Waals surface area contributed by atoms with E-state index < -0.39 is 4.92 Å². The van der Waals surface area contributed by atoms with Gasteiger partial charge in [0.25, 0.3) is 5.69 Å². The van der Waals surface area contributed by atoms with Crippen molar-refractivity contribution in [2.75, 3.05) is 5.32 Å². The Morgan fingerprint density at radius 1 is 1.24 bits per heavy atom. The highest BCUT2D eigenvalue weighted by atomic mass is 35.5. The summed E-state index contributed by atoms with van der Waals surface area (Å²) >= 11 is 12.0. The molecule has 0 saturated carbocycles. The number of nitro groups is 1. The molecule has 110 valence electrons. The monoisotopic (exact) mass is 324 g/mol. The van der Waals surface area contributed by atoms with Crippen LogP contribution in [0, 0.1) is 10.1 Å². The summed E-state index contributed by atoms with van der Waals surface area (Å²) in [6.07, 6.45) is 0.764. The largest absolute Gasteiger partial charge is 0.377 e. The highest BCUT2D eigenvalue weighted by molar-refractivity contribution is 6.36. The standard InChI is InChI=1S/C15H14Cl2N2O2/c1-2-14(10-4-3-5-12(8-10)19(20)21)18-15-7-6-11(16)9-13(15)17/h3-9,14,18H,2H2,1H3. The molecule has 2 aromatic rings. The molecule has 0 heterocycles. The zero-order valence-corrected chi connectivity index (χ0v) is 12.9. The molecule has 0 radical (unpaired) electrons. The lowest BCUT2D eigenvalue weighted by atomic mass is 10.0. The highest BCUT2D eigenvalue weighted by Crippen LogP contribution is 2.31. The summed E-state index contributed by atoms with van der Waals surface area (Å²) in [5.74, 6) is 0. The summed E-state index contributed by atoms with van der Waals surface area (Å²) in [6, 6.07) is 11.7. The first-order valence-electron chi connectivity index (χ1n) is 6.47. The van der Waals surface area contributed by atoms with Crippen LogP contribution in [-0.2, 0) is 0 Å². The number of halogens is 2. The number of rotatable bonds is 5. The maximum absolute atomic E-state index is 10.9. The van der Waals surface area contributed by atoms with Gasteiger partial charge in [-0.15, -0.1) is 0 Å². The molecule has 6 heteroatoms. The Bertz CT molecular complexity index is 662. The maximum atomic E-state index is 10.9. The van der Waals surface area contributed by atoms with Crippen molar-refractivity contribution in [1.82, 2.24) is 0 Å². The Balaban J connectivity index is 2.27. The average molecular weight is 325 g/mol. The minimum Gasteiger partial charge on any atom is -0.377 e. The topological polar surface area (TPSA) is 55.2 Å². The van der Waals surface area contributed by atoms with Gasteiger partial charge in [-0.1, -0.05) is 42.3 Å². The molecule has 0 spiro atoms. The molecule has 1 N–H and O–H groups in total. The zero-order valence-electron chi connectivity index (χ0n) is 11.3. The van der Waals surface area contributed by atoms with Gasteiger partial charge in [-0.25, -0.2) is 0 Å². The number of anilines is 1. The van der Waals surface area contributed by atoms with Crippen molar-refractivity contribution in [3.8, 4) is 0 Å². The van der Waals surface area contributed by atoms with Crippen molar-refractivity contribution in [2.45, 2.75) is 19.4 Å². The molecule has 2 rings (SSSR count). The predicted octanol–water partition coefficient (Wildman–Crippen LogP) is 5.46. The second kappa shape index (κ2) is 6.78. The van der Waals surface area contributed by atoms with E-state index in [1.807, 2.05) is 13.0 Å². The normalized spacial score (nSPS) is 12.0. The lowest BCUT2D eigenvalue weighted by Gasteiger charge is -2.19. The zero-order chi connectivity index (χ0) is 15.4. The van der Waals surface area contributed by atoms with E-state index in [4.69, 9.17) is 23.2 Å². The van der Waals surface area contributed by atoms with Gasteiger partial charge >= 0.3 is 0 Å². The molecule has 2 aromatic carbocycles. The van der Waals surface area contributed by atoms with Gasteiger partial charge in [-0.2, -0.15) is 0 Å². The van der Waals surface area contributed by atoms with Crippen LogP contribution >= 0.6 is 23.2 Å². The van der Waals surface area contributed by atoms with Crippen LogP contribution < -0.4 is 5.32 Å². The lowest BCUT2D eigenvalue weighted by Crippen LogP contribution is -2.10. The summed E-state index contributed by atoms with van der Waals surface area (Å²) in [4.78, 5) is 10.5. The minimum atomic E-state index is -0.397. The molecule has 4 nitrogen and oxygen atoms in total. The van der Waals surface area contributed by atoms with Gasteiger partial charge in [0.1, 0.15) is 0 Å². The molecular formula is C15H14Cl2N2O2. The van der Waals surface area contributed by atoms with Crippen molar-refractivity contribution in [1.29, 1.82) is 0 Å². The Labute approximate surface area is 132 Å². The van der Waals surface area contributed by atoms with Crippen LogP contribution in [0.5, 0.6) is 0 Å². The van der Waals surface area contributed by atoms with Gasteiger partial charge in [0.15, 0.2) is 0 Å². The molecule has 0 aliphatic rings. The predicted molar refractivity (Wildman–Crippen MR) is 86.2 cm³/mol. The number of nitro benzene ring substituents is 1. The second-order valence-corrected chi connectivity index (χ2v) is 5.43. The van der Waals surface area contributed by atoms with E-state index in [2.05, 4.69) is 5.32 Å². The molecule has 0 fully saturated rings. The van der Waals surface area contributed by atoms with Gasteiger partial charge in [-0.05, 0) is 30.2 Å². The molecule has 0 bridgehead atoms. The smallest absolute Gasteiger partial charge is 0.269 e. The Morgan fingerprint density at radius 3 is 2.62 bits per heavy atom. The first-order chi connectivity index (χ1) is 10.0. The fourth-order valence-corrected chi connectivity index (χ4v) is 2.53. The highest BCUT2D eigenvalue weighted by Gasteiger charge is 2.14. The third kappa shape index (κ3) is 3.86. The molecule has 0 aliphatic heterocycles. The van der Waals surface area contributed by atoms with E-state index in [9.17, 15) is 10.1 Å². The van der Waals surface area contributed by atoms with Crippen LogP contribution in [0.1, 0.15) is 24.9 Å². The summed E-state index contributed by atoms with van der Waals surface area (Å²) in [5, 5.41) is 15.2. The number of benzene rings is 2. The van der Waals surface area contributed by atoms with Crippen molar-refractivity contribution in [3.05, 3.63) is 68.2 Å². The van der Waals surface area contributed by atoms with Crippen LogP contribution in [-0.4, -0.2) is 4.92 Å². The second-order valence-electron chi connectivity index (χ2n) is 4.58. The van der Waals surface area contributed by atoms with E-state index in [1.165, 1.54) is 6.07 Å². The van der Waals surface area contributed by atoms with E-state index in [1.54, 1.807) is 30.3 Å². The van der Waals surface area contributed by atoms with E-state index >= 15 is 0 Å². The Hall–Kier alpha value is -1.78. The molecule has 21 heavy (non-hydrogen) atoms. The number of nitrogens with one attached hydrogen (secondary N) is 1. The summed E-state index contributed by atoms with van der Waals surface area (Å²) in [7, 11) is 0. The summed E-state index contributed by atoms with van der Waals surface area (Å²) in [6.45, 7) is 2.00. The quantitative estimate of drug-likeness (QED) is 0.586. The minimum absolute atomic E-state index is 0.0661. The fraction of sp³-hybridized carbons (Fsp3) is 0.200. The molecule has 0 amide bonds. The summed E-state index contributed by atoms with van der Waals surface area (Å²) < 4.78 is 0. The van der Waals surface area contributed by atoms with Gasteiger partial charge in [-0.3, -0.25) is 10.1 Å². The SMILES string of the molecule is CCC(Nc1ccc(Cl)cc1Cl)c1cccc([N+](=O)[O-])c1. The first kappa shape index (κ1) is 15.6. The van der Waals surface area contributed by atoms with E-state index in [0.29, 0.717) is 10.0 Å². The van der Waals surface area contributed by atoms with Crippen LogP contribution in [0.25, 0.3) is 0 Å². The number of nitrogens with zero attached hydrogens (tertiary/aromatic N) is 1. The van der Waals surface area contributed by atoms with Gasteiger partial charge in [0.05, 0.1) is 21.7 Å². The number of non-ortho nitro benzene ring substituents is 1. The van der Waals surface area contributed by atoms with Crippen molar-refractivity contribution in [2.24, 2.45) is 0 Å². The average Bonchev–Trinajstić information content (AvgIpc) is 2.46. The van der Waals surface area contributed by atoms with Gasteiger partial charge in [0, 0.05) is 17.2 Å². The Kier molecular flexibility index (Phi) is 5.04. The van der Waals surface area contributed by atoms with E-state index in [0.717, 1.165) is 17.7 Å². The first-order valence-corrected chi connectivity index (χ1v) is 7.22. The molecule has 1 atom stereocenters. The molecule has 0 aliphatic carbocycles. The van der Waals surface area contributed by atoms with Crippen molar-refractivity contribution in [3.63, 3.8) is 0 Å². The van der Waals surface area contributed by atoms with Crippen LogP contribution in [0.3, 0.4) is 0 Å². The van der Waals surface area contributed by atoms with Gasteiger partial charge < -0.3 is 5.32 Å². The van der Waals surface area contributed by atoms with Crippen molar-refractivity contribution < 1.29 is 4.92 Å². The summed E-state index contributed by atoms with van der Waals surface area (Å²) in [5.41, 5.74) is 1.67. The Morgan fingerprint density at radius 2 is 2.00 bits per heavy atom. The third-order valence-electron chi connectivity index (χ3n) is 3.15.